The number of rotatable bonds is 1. The summed E-state index contributed by atoms with van der Waals surface area (Å²) in [6.45, 7) is 0. The van der Waals surface area contributed by atoms with Crippen molar-refractivity contribution in [3.63, 3.8) is 0 Å². The molecule has 37 heavy (non-hydrogen) atoms. The summed E-state index contributed by atoms with van der Waals surface area (Å²) in [7, 11) is 0. The van der Waals surface area contributed by atoms with Gasteiger partial charge < -0.3 is 20.4 Å². The zero-order valence-corrected chi connectivity index (χ0v) is 20.7. The Hall–Kier alpha value is -3.61. The van der Waals surface area contributed by atoms with Gasteiger partial charge in [-0.05, 0) is 37.1 Å². The fourth-order valence-electron chi connectivity index (χ4n) is 6.94. The standard InChI is InChI=1S/C30H25ClN2O4/c31-16-13-14-24(34)20(15-16)26-25-27(17-7-1-2-8-18(17)28(25)35)32-22-11-5-6-12-23(22)33-29(36)19-9-3-4-10-21(19)30(26,33)37/h1-4,7-10,13-15,22-23,26,32,34,37H,5-6,11-12H2/t22-,23-,26+,30+/m1/s1. The van der Waals surface area contributed by atoms with Gasteiger partial charge in [-0.2, -0.15) is 0 Å². The van der Waals surface area contributed by atoms with Crippen LogP contribution >= 0.6 is 11.6 Å². The van der Waals surface area contributed by atoms with Gasteiger partial charge in [0.25, 0.3) is 5.91 Å². The number of benzene rings is 3. The number of aliphatic hydroxyl groups is 1. The fraction of sp³-hybridized carbons (Fsp3) is 0.267. The van der Waals surface area contributed by atoms with Crippen molar-refractivity contribution in [1.82, 2.24) is 10.2 Å². The van der Waals surface area contributed by atoms with Crippen molar-refractivity contribution in [3.8, 4) is 5.75 Å². The Labute approximate surface area is 219 Å². The number of Topliss-reactive ketones (excluding diaryl/α,β-unsaturated/α-hetero) is 1. The second-order valence-corrected chi connectivity index (χ2v) is 10.8. The van der Waals surface area contributed by atoms with Crippen LogP contribution in [0.2, 0.25) is 5.02 Å². The van der Waals surface area contributed by atoms with Crippen LogP contribution in [0.3, 0.4) is 0 Å². The first-order chi connectivity index (χ1) is 17.9. The molecule has 3 N–H and O–H groups in total. The predicted molar refractivity (Wildman–Crippen MR) is 139 cm³/mol. The van der Waals surface area contributed by atoms with Gasteiger partial charge in [-0.3, -0.25) is 9.59 Å². The Morgan fingerprint density at radius 1 is 0.919 bits per heavy atom. The van der Waals surface area contributed by atoms with Gasteiger partial charge >= 0.3 is 0 Å². The fourth-order valence-corrected chi connectivity index (χ4v) is 7.12. The maximum Gasteiger partial charge on any atom is 0.257 e. The monoisotopic (exact) mass is 512 g/mol. The summed E-state index contributed by atoms with van der Waals surface area (Å²) in [5, 5.41) is 28.1. The molecule has 3 aromatic rings. The highest BCUT2D eigenvalue weighted by molar-refractivity contribution is 6.30. The van der Waals surface area contributed by atoms with E-state index in [9.17, 15) is 19.8 Å². The lowest BCUT2D eigenvalue weighted by Gasteiger charge is -2.50. The topological polar surface area (TPSA) is 89.9 Å². The van der Waals surface area contributed by atoms with Gasteiger partial charge in [0, 0.05) is 44.5 Å². The summed E-state index contributed by atoms with van der Waals surface area (Å²) in [6.07, 6.45) is 3.43. The van der Waals surface area contributed by atoms with Crippen LogP contribution in [0.25, 0.3) is 5.70 Å². The largest absolute Gasteiger partial charge is 0.508 e. The number of amides is 1. The molecule has 1 fully saturated rings. The number of phenols is 1. The summed E-state index contributed by atoms with van der Waals surface area (Å²) >= 11 is 6.42. The van der Waals surface area contributed by atoms with Crippen molar-refractivity contribution >= 4 is 29.0 Å². The average Bonchev–Trinajstić information content (AvgIpc) is 3.30. The lowest BCUT2D eigenvalue weighted by atomic mass is 9.74. The molecule has 2 heterocycles. The van der Waals surface area contributed by atoms with Crippen LogP contribution in [0.5, 0.6) is 5.75 Å². The second-order valence-electron chi connectivity index (χ2n) is 10.3. The molecule has 6 nitrogen and oxygen atoms in total. The molecular weight excluding hydrogens is 488 g/mol. The van der Waals surface area contributed by atoms with Crippen molar-refractivity contribution in [1.29, 1.82) is 0 Å². The number of hydrogen-bond donors (Lipinski definition) is 3. The summed E-state index contributed by atoms with van der Waals surface area (Å²) in [6, 6.07) is 18.6. The minimum atomic E-state index is -1.91. The molecule has 7 heteroatoms. The number of carbonyl (C=O) groups is 2. The van der Waals surface area contributed by atoms with Gasteiger partial charge in [-0.1, -0.05) is 66.9 Å². The molecule has 186 valence electrons. The van der Waals surface area contributed by atoms with E-state index in [-0.39, 0.29) is 29.5 Å². The van der Waals surface area contributed by atoms with Gasteiger partial charge in [0.05, 0.1) is 17.7 Å². The summed E-state index contributed by atoms with van der Waals surface area (Å²) in [5.41, 5.74) is 1.54. The molecule has 7 rings (SSSR count). The Morgan fingerprint density at radius 2 is 1.62 bits per heavy atom. The number of nitrogens with one attached hydrogen (secondary N) is 1. The van der Waals surface area contributed by atoms with Crippen LogP contribution in [-0.4, -0.2) is 38.9 Å². The molecule has 1 saturated carbocycles. The number of hydrogen-bond acceptors (Lipinski definition) is 5. The van der Waals surface area contributed by atoms with Gasteiger partial charge in [0.15, 0.2) is 11.5 Å². The number of ketones is 1. The Kier molecular flexibility index (Phi) is 4.85. The molecule has 0 bridgehead atoms. The number of halogens is 1. The molecule has 0 unspecified atom stereocenters. The van der Waals surface area contributed by atoms with Gasteiger partial charge in [0.1, 0.15) is 5.75 Å². The quantitative estimate of drug-likeness (QED) is 0.429. The highest BCUT2D eigenvalue weighted by Crippen LogP contribution is 2.57. The van der Waals surface area contributed by atoms with E-state index in [0.717, 1.165) is 24.8 Å². The minimum Gasteiger partial charge on any atom is -0.508 e. The number of nitrogens with zero attached hydrogens (tertiary/aromatic N) is 1. The Morgan fingerprint density at radius 3 is 2.43 bits per heavy atom. The first-order valence-corrected chi connectivity index (χ1v) is 13.1. The van der Waals surface area contributed by atoms with Crippen LogP contribution in [0.4, 0.5) is 0 Å². The number of phenolic OH excluding ortho intramolecular Hbond substituents is 1. The Balaban J connectivity index is 1.61. The van der Waals surface area contributed by atoms with E-state index in [4.69, 9.17) is 11.6 Å². The van der Waals surface area contributed by atoms with E-state index in [1.165, 1.54) is 6.07 Å². The van der Waals surface area contributed by atoms with Crippen molar-refractivity contribution in [3.05, 3.63) is 105 Å². The van der Waals surface area contributed by atoms with Crippen molar-refractivity contribution in [2.24, 2.45) is 0 Å². The van der Waals surface area contributed by atoms with E-state index in [2.05, 4.69) is 5.32 Å². The van der Waals surface area contributed by atoms with Crippen LogP contribution < -0.4 is 5.32 Å². The highest BCUT2D eigenvalue weighted by Gasteiger charge is 2.61. The number of aromatic hydroxyl groups is 1. The molecule has 2 aliphatic heterocycles. The SMILES string of the molecule is O=C1C2=C(N[C@@H]3CCCC[C@H]3N3C(=O)c4ccccc4[C@]3(O)[C@H]2c2cc(Cl)ccc2O)c2ccccc21. The average molecular weight is 513 g/mol. The summed E-state index contributed by atoms with van der Waals surface area (Å²) < 4.78 is 0. The van der Waals surface area contributed by atoms with Crippen molar-refractivity contribution in [2.75, 3.05) is 0 Å². The lowest BCUT2D eigenvalue weighted by molar-refractivity contribution is -0.124. The van der Waals surface area contributed by atoms with E-state index in [1.807, 2.05) is 18.2 Å². The van der Waals surface area contributed by atoms with E-state index in [0.29, 0.717) is 45.0 Å². The van der Waals surface area contributed by atoms with Crippen LogP contribution in [0.15, 0.2) is 72.3 Å². The summed E-state index contributed by atoms with van der Waals surface area (Å²) in [5.74, 6) is -1.68. The zero-order chi connectivity index (χ0) is 25.5. The maximum atomic E-state index is 14.1. The molecule has 0 spiro atoms. The zero-order valence-electron chi connectivity index (χ0n) is 19.9. The van der Waals surface area contributed by atoms with Crippen molar-refractivity contribution < 1.29 is 19.8 Å². The first-order valence-electron chi connectivity index (χ1n) is 12.7. The van der Waals surface area contributed by atoms with Gasteiger partial charge in [-0.15, -0.1) is 0 Å². The third-order valence-corrected chi connectivity index (χ3v) is 8.71. The maximum absolute atomic E-state index is 14.1. The number of carbonyl (C=O) groups excluding carboxylic acids is 2. The minimum absolute atomic E-state index is 0.101. The van der Waals surface area contributed by atoms with E-state index in [1.54, 1.807) is 47.4 Å². The molecule has 4 aliphatic rings. The number of fused-ring (bicyclic) bond motifs is 7. The molecule has 1 amide bonds. The third-order valence-electron chi connectivity index (χ3n) is 8.48. The van der Waals surface area contributed by atoms with E-state index >= 15 is 0 Å². The smallest absolute Gasteiger partial charge is 0.257 e. The first kappa shape index (κ1) is 22.6. The molecule has 4 atom stereocenters. The molecule has 0 radical (unpaired) electrons. The summed E-state index contributed by atoms with van der Waals surface area (Å²) in [4.78, 5) is 29.7. The predicted octanol–water partition coefficient (Wildman–Crippen LogP) is 4.95. The van der Waals surface area contributed by atoms with Crippen molar-refractivity contribution in [2.45, 2.75) is 49.4 Å². The Bertz CT molecular complexity index is 1530. The molecule has 0 saturated heterocycles. The molecule has 2 aliphatic carbocycles. The second kappa shape index (κ2) is 7.94. The normalized spacial score (nSPS) is 27.9. The van der Waals surface area contributed by atoms with E-state index < -0.39 is 11.6 Å². The third kappa shape index (κ3) is 2.97. The van der Waals surface area contributed by atoms with Crippen LogP contribution in [-0.2, 0) is 5.72 Å². The molecule has 0 aromatic heterocycles. The van der Waals surface area contributed by atoms with Gasteiger partial charge in [0.2, 0.25) is 0 Å². The molecular formula is C30H25ClN2O4. The molecule has 3 aromatic carbocycles. The van der Waals surface area contributed by atoms with Gasteiger partial charge in [-0.25, -0.2) is 0 Å². The highest BCUT2D eigenvalue weighted by atomic mass is 35.5. The van der Waals surface area contributed by atoms with Crippen LogP contribution in [0, 0.1) is 0 Å². The van der Waals surface area contributed by atoms with Crippen LogP contribution in [0.1, 0.15) is 69.0 Å². The lowest BCUT2D eigenvalue weighted by Crippen LogP contribution is -2.61.